The molecule has 1 N–H and O–H groups in total. The van der Waals surface area contributed by atoms with Crippen LogP contribution in [0.25, 0.3) is 0 Å². The first kappa shape index (κ1) is 12.4. The van der Waals surface area contributed by atoms with E-state index >= 15 is 0 Å². The smallest absolute Gasteiger partial charge is 0.154 e. The van der Waals surface area contributed by atoms with Gasteiger partial charge in [0.2, 0.25) is 0 Å². The maximum absolute atomic E-state index is 11.3. The van der Waals surface area contributed by atoms with E-state index in [-0.39, 0.29) is 17.6 Å². The third-order valence-corrected chi connectivity index (χ3v) is 4.59. The fraction of sp³-hybridized carbons (Fsp3) is 0.500. The summed E-state index contributed by atoms with van der Waals surface area (Å²) in [4.78, 5) is 0. The van der Waals surface area contributed by atoms with Gasteiger partial charge in [0.1, 0.15) is 11.9 Å². The second-order valence-electron chi connectivity index (χ2n) is 4.39. The summed E-state index contributed by atoms with van der Waals surface area (Å²) in [6.45, 7) is 1.69. The zero-order chi connectivity index (χ0) is 12.5. The Morgan fingerprint density at radius 1 is 1.35 bits per heavy atom. The molecule has 0 radical (unpaired) electrons. The zero-order valence-corrected chi connectivity index (χ0v) is 10.5. The zero-order valence-electron chi connectivity index (χ0n) is 9.67. The van der Waals surface area contributed by atoms with E-state index in [1.807, 2.05) is 0 Å². The summed E-state index contributed by atoms with van der Waals surface area (Å²) in [7, 11) is -2.90. The van der Waals surface area contributed by atoms with Crippen LogP contribution in [0.4, 0.5) is 0 Å². The van der Waals surface area contributed by atoms with Gasteiger partial charge >= 0.3 is 0 Å². The van der Waals surface area contributed by atoms with Crippen molar-refractivity contribution in [2.75, 3.05) is 11.5 Å². The summed E-state index contributed by atoms with van der Waals surface area (Å²) >= 11 is 0. The highest BCUT2D eigenvalue weighted by atomic mass is 32.2. The lowest BCUT2D eigenvalue weighted by Gasteiger charge is -2.12. The molecule has 1 aliphatic rings. The molecule has 94 valence electrons. The van der Waals surface area contributed by atoms with Crippen LogP contribution in [0, 0.1) is 0 Å². The van der Waals surface area contributed by atoms with Crippen LogP contribution in [0.15, 0.2) is 24.3 Å². The first-order valence-corrected chi connectivity index (χ1v) is 7.43. The molecular weight excluding hydrogens is 240 g/mol. The van der Waals surface area contributed by atoms with E-state index in [1.54, 1.807) is 31.2 Å². The van der Waals surface area contributed by atoms with Crippen LogP contribution >= 0.6 is 0 Å². The maximum atomic E-state index is 11.3. The molecule has 1 aromatic carbocycles. The Morgan fingerprint density at radius 3 is 2.47 bits per heavy atom. The molecule has 0 spiro atoms. The van der Waals surface area contributed by atoms with Crippen molar-refractivity contribution in [1.82, 2.24) is 0 Å². The Hall–Kier alpha value is -1.07. The lowest BCUT2D eigenvalue weighted by molar-refractivity contribution is 0.198. The van der Waals surface area contributed by atoms with Gasteiger partial charge in [-0.3, -0.25) is 0 Å². The maximum Gasteiger partial charge on any atom is 0.154 e. The van der Waals surface area contributed by atoms with Crippen molar-refractivity contribution in [1.29, 1.82) is 0 Å². The number of benzene rings is 1. The normalized spacial score (nSPS) is 24.5. The third-order valence-electron chi connectivity index (χ3n) is 2.86. The van der Waals surface area contributed by atoms with E-state index in [0.29, 0.717) is 12.2 Å². The lowest BCUT2D eigenvalue weighted by Crippen LogP contribution is -2.17. The molecule has 4 nitrogen and oxygen atoms in total. The molecule has 1 aromatic rings. The minimum atomic E-state index is -2.90. The van der Waals surface area contributed by atoms with Gasteiger partial charge in [-0.15, -0.1) is 0 Å². The summed E-state index contributed by atoms with van der Waals surface area (Å²) in [5.74, 6) is 0.964. The van der Waals surface area contributed by atoms with Crippen LogP contribution in [0.1, 0.15) is 25.0 Å². The average Bonchev–Trinajstić information content (AvgIpc) is 2.59. The Labute approximate surface area is 101 Å². The fourth-order valence-electron chi connectivity index (χ4n) is 1.87. The number of hydrogen-bond acceptors (Lipinski definition) is 4. The molecule has 1 saturated heterocycles. The van der Waals surface area contributed by atoms with Gasteiger partial charge in [-0.25, -0.2) is 8.42 Å². The molecule has 2 rings (SSSR count). The van der Waals surface area contributed by atoms with Crippen LogP contribution in [-0.4, -0.2) is 31.1 Å². The van der Waals surface area contributed by atoms with Crippen molar-refractivity contribution < 1.29 is 18.3 Å². The van der Waals surface area contributed by atoms with Gasteiger partial charge in [0.15, 0.2) is 9.84 Å². The van der Waals surface area contributed by atoms with Crippen LogP contribution in [0.2, 0.25) is 0 Å². The molecule has 17 heavy (non-hydrogen) atoms. The fourth-order valence-corrected chi connectivity index (χ4v) is 3.46. The highest BCUT2D eigenvalue weighted by Gasteiger charge is 2.29. The van der Waals surface area contributed by atoms with Gasteiger partial charge in [0, 0.05) is 0 Å². The van der Waals surface area contributed by atoms with Crippen LogP contribution in [0.3, 0.4) is 0 Å². The van der Waals surface area contributed by atoms with Crippen molar-refractivity contribution in [2.45, 2.75) is 25.6 Å². The van der Waals surface area contributed by atoms with E-state index in [0.717, 1.165) is 5.56 Å². The minimum absolute atomic E-state index is 0.102. The Balaban J connectivity index is 2.00. The number of ether oxygens (including phenoxy) is 1. The largest absolute Gasteiger partial charge is 0.489 e. The van der Waals surface area contributed by atoms with Gasteiger partial charge < -0.3 is 9.84 Å². The summed E-state index contributed by atoms with van der Waals surface area (Å²) in [5.41, 5.74) is 0.816. The third kappa shape index (κ3) is 3.20. The lowest BCUT2D eigenvalue weighted by atomic mass is 10.1. The Kier molecular flexibility index (Phi) is 3.40. The van der Waals surface area contributed by atoms with Gasteiger partial charge in [-0.1, -0.05) is 12.1 Å². The Bertz CT molecular complexity index is 476. The summed E-state index contributed by atoms with van der Waals surface area (Å²) in [5, 5.41) is 9.35. The van der Waals surface area contributed by atoms with E-state index in [9.17, 15) is 13.5 Å². The quantitative estimate of drug-likeness (QED) is 0.885. The summed E-state index contributed by atoms with van der Waals surface area (Å²) < 4.78 is 28.1. The number of rotatable bonds is 3. The molecule has 0 saturated carbocycles. The number of aliphatic hydroxyl groups is 1. The second-order valence-corrected chi connectivity index (χ2v) is 6.62. The number of hydrogen-bond donors (Lipinski definition) is 1. The molecule has 0 aromatic heterocycles. The monoisotopic (exact) mass is 256 g/mol. The van der Waals surface area contributed by atoms with Crippen molar-refractivity contribution in [3.8, 4) is 5.75 Å². The molecule has 0 bridgehead atoms. The van der Waals surface area contributed by atoms with Crippen molar-refractivity contribution in [3.63, 3.8) is 0 Å². The van der Waals surface area contributed by atoms with E-state index < -0.39 is 15.9 Å². The highest BCUT2D eigenvalue weighted by molar-refractivity contribution is 7.91. The number of aliphatic hydroxyl groups excluding tert-OH is 1. The molecule has 1 fully saturated rings. The predicted octanol–water partition coefficient (Wildman–Crippen LogP) is 1.31. The molecule has 2 atom stereocenters. The van der Waals surface area contributed by atoms with Gasteiger partial charge in [-0.05, 0) is 31.0 Å². The van der Waals surface area contributed by atoms with Crippen LogP contribution in [0.5, 0.6) is 5.75 Å². The van der Waals surface area contributed by atoms with Crippen molar-refractivity contribution in [2.24, 2.45) is 0 Å². The van der Waals surface area contributed by atoms with E-state index in [2.05, 4.69) is 0 Å². The first-order valence-electron chi connectivity index (χ1n) is 5.61. The molecule has 5 heteroatoms. The standard InChI is InChI=1S/C12H16O4S/c1-9(13)10-2-4-11(5-3-10)16-12-6-7-17(14,15)8-12/h2-5,9,12-13H,6-8H2,1H3/t9-,12?/m1/s1. The first-order chi connectivity index (χ1) is 7.96. The Morgan fingerprint density at radius 2 is 2.00 bits per heavy atom. The minimum Gasteiger partial charge on any atom is -0.489 e. The predicted molar refractivity (Wildman–Crippen MR) is 64.8 cm³/mol. The van der Waals surface area contributed by atoms with Crippen molar-refractivity contribution in [3.05, 3.63) is 29.8 Å². The SMILES string of the molecule is C[C@@H](O)c1ccc(OC2CCS(=O)(=O)C2)cc1. The topological polar surface area (TPSA) is 63.6 Å². The van der Waals surface area contributed by atoms with Crippen LogP contribution < -0.4 is 4.74 Å². The molecule has 1 heterocycles. The summed E-state index contributed by atoms with van der Waals surface area (Å²) in [6, 6.07) is 7.08. The molecular formula is C12H16O4S. The van der Waals surface area contributed by atoms with Crippen molar-refractivity contribution >= 4 is 9.84 Å². The molecule has 0 aliphatic carbocycles. The van der Waals surface area contributed by atoms with Gasteiger partial charge in [0.25, 0.3) is 0 Å². The number of sulfone groups is 1. The summed E-state index contributed by atoms with van der Waals surface area (Å²) in [6.07, 6.45) is -0.186. The van der Waals surface area contributed by atoms with E-state index in [4.69, 9.17) is 4.74 Å². The molecule has 1 aliphatic heterocycles. The van der Waals surface area contributed by atoms with E-state index in [1.165, 1.54) is 0 Å². The molecule has 1 unspecified atom stereocenters. The van der Waals surface area contributed by atoms with Gasteiger partial charge in [0.05, 0.1) is 17.6 Å². The second kappa shape index (κ2) is 4.66. The van der Waals surface area contributed by atoms with Crippen LogP contribution in [-0.2, 0) is 9.84 Å². The van der Waals surface area contributed by atoms with Gasteiger partial charge in [-0.2, -0.15) is 0 Å². The highest BCUT2D eigenvalue weighted by Crippen LogP contribution is 2.22. The average molecular weight is 256 g/mol. The molecule has 0 amide bonds.